The highest BCUT2D eigenvalue weighted by Gasteiger charge is 2.18. The SMILES string of the molecule is CN(C)CC(=O)c1c(O)cccc1OCc1ccccc1. The molecule has 2 aromatic carbocycles. The second-order valence-corrected chi connectivity index (χ2v) is 5.09. The number of phenolic OH excluding ortho intramolecular Hbond substituents is 1. The molecule has 0 heterocycles. The van der Waals surface area contributed by atoms with Gasteiger partial charge < -0.3 is 14.7 Å². The molecule has 0 amide bonds. The summed E-state index contributed by atoms with van der Waals surface area (Å²) in [6.45, 7) is 0.575. The second kappa shape index (κ2) is 6.90. The highest BCUT2D eigenvalue weighted by atomic mass is 16.5. The van der Waals surface area contributed by atoms with Gasteiger partial charge in [0.05, 0.1) is 6.54 Å². The smallest absolute Gasteiger partial charge is 0.184 e. The molecule has 4 heteroatoms. The van der Waals surface area contributed by atoms with Crippen molar-refractivity contribution in [2.45, 2.75) is 6.61 Å². The number of ketones is 1. The molecule has 0 atom stereocenters. The van der Waals surface area contributed by atoms with Crippen molar-refractivity contribution in [1.29, 1.82) is 0 Å². The third-order valence-corrected chi connectivity index (χ3v) is 2.98. The van der Waals surface area contributed by atoms with Gasteiger partial charge in [-0.25, -0.2) is 0 Å². The monoisotopic (exact) mass is 285 g/mol. The number of ether oxygens (including phenoxy) is 1. The van der Waals surface area contributed by atoms with E-state index in [4.69, 9.17) is 4.74 Å². The van der Waals surface area contributed by atoms with Gasteiger partial charge in [-0.2, -0.15) is 0 Å². The first-order chi connectivity index (χ1) is 10.1. The molecule has 0 saturated heterocycles. The van der Waals surface area contributed by atoms with Crippen LogP contribution in [0, 0.1) is 0 Å². The van der Waals surface area contributed by atoms with Crippen molar-refractivity contribution in [2.24, 2.45) is 0 Å². The molecule has 0 aliphatic carbocycles. The summed E-state index contributed by atoms with van der Waals surface area (Å²) < 4.78 is 5.71. The summed E-state index contributed by atoms with van der Waals surface area (Å²) in [6, 6.07) is 14.6. The molecule has 2 aromatic rings. The standard InChI is InChI=1S/C17H19NO3/c1-18(2)11-15(20)17-14(19)9-6-10-16(17)21-12-13-7-4-3-5-8-13/h3-10,19H,11-12H2,1-2H3. The number of hydrogen-bond acceptors (Lipinski definition) is 4. The van der Waals surface area contributed by atoms with Crippen LogP contribution in [0.5, 0.6) is 11.5 Å². The number of rotatable bonds is 6. The second-order valence-electron chi connectivity index (χ2n) is 5.09. The van der Waals surface area contributed by atoms with Gasteiger partial charge in [-0.05, 0) is 31.8 Å². The molecular weight excluding hydrogens is 266 g/mol. The maximum absolute atomic E-state index is 12.2. The topological polar surface area (TPSA) is 49.8 Å². The number of nitrogens with zero attached hydrogens (tertiary/aromatic N) is 1. The number of phenols is 1. The lowest BCUT2D eigenvalue weighted by molar-refractivity contribution is 0.0950. The normalized spacial score (nSPS) is 10.6. The van der Waals surface area contributed by atoms with E-state index in [9.17, 15) is 9.90 Å². The lowest BCUT2D eigenvalue weighted by atomic mass is 10.1. The average molecular weight is 285 g/mol. The van der Waals surface area contributed by atoms with Crippen LogP contribution >= 0.6 is 0 Å². The Morgan fingerprint density at radius 3 is 2.48 bits per heavy atom. The van der Waals surface area contributed by atoms with Crippen molar-refractivity contribution in [2.75, 3.05) is 20.6 Å². The van der Waals surface area contributed by atoms with E-state index in [0.717, 1.165) is 5.56 Å². The van der Waals surface area contributed by atoms with E-state index in [-0.39, 0.29) is 23.6 Å². The molecule has 0 saturated carbocycles. The van der Waals surface area contributed by atoms with Gasteiger partial charge in [0.2, 0.25) is 0 Å². The van der Waals surface area contributed by atoms with Crippen LogP contribution in [0.3, 0.4) is 0 Å². The first kappa shape index (κ1) is 15.1. The zero-order valence-corrected chi connectivity index (χ0v) is 12.2. The van der Waals surface area contributed by atoms with E-state index in [1.807, 2.05) is 44.4 Å². The van der Waals surface area contributed by atoms with Crippen molar-refractivity contribution >= 4 is 5.78 Å². The predicted molar refractivity (Wildman–Crippen MR) is 81.8 cm³/mol. The quantitative estimate of drug-likeness (QED) is 0.829. The van der Waals surface area contributed by atoms with E-state index >= 15 is 0 Å². The minimum Gasteiger partial charge on any atom is -0.507 e. The van der Waals surface area contributed by atoms with Gasteiger partial charge in [-0.3, -0.25) is 4.79 Å². The molecule has 4 nitrogen and oxygen atoms in total. The summed E-state index contributed by atoms with van der Waals surface area (Å²) in [5, 5.41) is 9.95. The zero-order chi connectivity index (χ0) is 15.2. The fraction of sp³-hybridized carbons (Fsp3) is 0.235. The lowest BCUT2D eigenvalue weighted by Crippen LogP contribution is -2.22. The third kappa shape index (κ3) is 4.07. The molecule has 110 valence electrons. The summed E-state index contributed by atoms with van der Waals surface area (Å²) >= 11 is 0. The molecule has 0 unspecified atom stereocenters. The number of likely N-dealkylation sites (N-methyl/N-ethyl adjacent to an activating group) is 1. The van der Waals surface area contributed by atoms with E-state index in [0.29, 0.717) is 12.4 Å². The summed E-state index contributed by atoms with van der Waals surface area (Å²) in [5.74, 6) is 0.194. The van der Waals surface area contributed by atoms with Crippen LogP contribution in [0.1, 0.15) is 15.9 Å². The molecule has 21 heavy (non-hydrogen) atoms. The maximum atomic E-state index is 12.2. The molecule has 2 rings (SSSR count). The Balaban J connectivity index is 2.19. The summed E-state index contributed by atoms with van der Waals surface area (Å²) in [6.07, 6.45) is 0. The Morgan fingerprint density at radius 2 is 1.81 bits per heavy atom. The van der Waals surface area contributed by atoms with Crippen LogP contribution in [-0.4, -0.2) is 36.4 Å². The molecule has 0 aliphatic rings. The predicted octanol–water partition coefficient (Wildman–Crippen LogP) is 2.72. The number of benzene rings is 2. The Labute approximate surface area is 124 Å². The molecule has 1 N–H and O–H groups in total. The van der Waals surface area contributed by atoms with Crippen molar-refractivity contribution in [3.8, 4) is 11.5 Å². The van der Waals surface area contributed by atoms with E-state index in [2.05, 4.69) is 0 Å². The number of carbonyl (C=O) groups excluding carboxylic acids is 1. The molecule has 0 radical (unpaired) electrons. The Kier molecular flexibility index (Phi) is 4.95. The van der Waals surface area contributed by atoms with Crippen LogP contribution in [0.2, 0.25) is 0 Å². The molecule has 0 aromatic heterocycles. The van der Waals surface area contributed by atoms with Crippen LogP contribution < -0.4 is 4.74 Å². The van der Waals surface area contributed by atoms with Crippen LogP contribution in [0.4, 0.5) is 0 Å². The summed E-state index contributed by atoms with van der Waals surface area (Å²) in [5.41, 5.74) is 1.24. The Bertz CT molecular complexity index is 609. The number of carbonyl (C=O) groups is 1. The van der Waals surface area contributed by atoms with Gasteiger partial charge >= 0.3 is 0 Å². The van der Waals surface area contributed by atoms with Gasteiger partial charge in [0.25, 0.3) is 0 Å². The minimum absolute atomic E-state index is 0.0487. The lowest BCUT2D eigenvalue weighted by Gasteiger charge is -2.14. The molecule has 0 spiro atoms. The van der Waals surface area contributed by atoms with Crippen LogP contribution in [0.25, 0.3) is 0 Å². The van der Waals surface area contributed by atoms with Crippen molar-refractivity contribution < 1.29 is 14.6 Å². The highest BCUT2D eigenvalue weighted by molar-refractivity contribution is 6.02. The first-order valence-corrected chi connectivity index (χ1v) is 6.74. The third-order valence-electron chi connectivity index (χ3n) is 2.98. The number of aromatic hydroxyl groups is 1. The van der Waals surface area contributed by atoms with Crippen LogP contribution in [0.15, 0.2) is 48.5 Å². The fourth-order valence-corrected chi connectivity index (χ4v) is 2.02. The molecular formula is C17H19NO3. The van der Waals surface area contributed by atoms with E-state index in [1.165, 1.54) is 6.07 Å². The van der Waals surface area contributed by atoms with Crippen molar-refractivity contribution in [3.05, 3.63) is 59.7 Å². The minimum atomic E-state index is -0.166. The highest BCUT2D eigenvalue weighted by Crippen LogP contribution is 2.28. The zero-order valence-electron chi connectivity index (χ0n) is 12.2. The fourth-order valence-electron chi connectivity index (χ4n) is 2.02. The van der Waals surface area contributed by atoms with Gasteiger partial charge in [0, 0.05) is 0 Å². The first-order valence-electron chi connectivity index (χ1n) is 6.74. The van der Waals surface area contributed by atoms with E-state index < -0.39 is 0 Å². The number of hydrogen-bond donors (Lipinski definition) is 1. The molecule has 0 aliphatic heterocycles. The van der Waals surface area contributed by atoms with Gasteiger partial charge in [-0.1, -0.05) is 36.4 Å². The molecule has 0 fully saturated rings. The van der Waals surface area contributed by atoms with Crippen molar-refractivity contribution in [1.82, 2.24) is 4.90 Å². The Morgan fingerprint density at radius 1 is 1.10 bits per heavy atom. The largest absolute Gasteiger partial charge is 0.507 e. The molecule has 0 bridgehead atoms. The average Bonchev–Trinajstić information content (AvgIpc) is 2.45. The summed E-state index contributed by atoms with van der Waals surface area (Å²) in [4.78, 5) is 14.0. The van der Waals surface area contributed by atoms with E-state index in [1.54, 1.807) is 17.0 Å². The Hall–Kier alpha value is -2.33. The number of Topliss-reactive ketones (excluding diaryl/α,β-unsaturated/α-hetero) is 1. The van der Waals surface area contributed by atoms with Crippen molar-refractivity contribution in [3.63, 3.8) is 0 Å². The summed E-state index contributed by atoms with van der Waals surface area (Å²) in [7, 11) is 3.62. The maximum Gasteiger partial charge on any atom is 0.184 e. The van der Waals surface area contributed by atoms with Gasteiger partial charge in [0.1, 0.15) is 23.7 Å². The van der Waals surface area contributed by atoms with Gasteiger partial charge in [0.15, 0.2) is 5.78 Å². The van der Waals surface area contributed by atoms with Gasteiger partial charge in [-0.15, -0.1) is 0 Å². The van der Waals surface area contributed by atoms with Crippen LogP contribution in [-0.2, 0) is 6.61 Å².